The third kappa shape index (κ3) is 4.49. The second-order valence-corrected chi connectivity index (χ2v) is 9.61. The maximum atomic E-state index is 13.2. The molecule has 160 valence electrons. The predicted octanol–water partition coefficient (Wildman–Crippen LogP) is 2.62. The van der Waals surface area contributed by atoms with Crippen LogP contribution in [-0.2, 0) is 27.7 Å². The number of hydrogen-bond acceptors (Lipinski definition) is 4. The van der Waals surface area contributed by atoms with E-state index in [-0.39, 0.29) is 31.4 Å². The molecule has 2 aromatic rings. The fraction of sp³-hybridized carbons (Fsp3) is 0.409. The van der Waals surface area contributed by atoms with Gasteiger partial charge in [0.05, 0.1) is 4.90 Å². The molecule has 2 aliphatic rings. The maximum absolute atomic E-state index is 13.2. The molecule has 0 N–H and O–H groups in total. The average Bonchev–Trinajstić information content (AvgIpc) is 2.77. The highest BCUT2D eigenvalue weighted by Gasteiger charge is 2.30. The van der Waals surface area contributed by atoms with Gasteiger partial charge in [0.25, 0.3) is 5.91 Å². The summed E-state index contributed by atoms with van der Waals surface area (Å²) in [5.41, 5.74) is 2.37. The summed E-state index contributed by atoms with van der Waals surface area (Å²) in [6.45, 7) is 0.877. The molecule has 0 unspecified atom stereocenters. The summed E-state index contributed by atoms with van der Waals surface area (Å²) < 4.78 is 46.1. The highest BCUT2D eigenvalue weighted by Crippen LogP contribution is 2.26. The topological polar surface area (TPSA) is 66.9 Å². The van der Waals surface area contributed by atoms with Crippen LogP contribution in [0.2, 0.25) is 0 Å². The number of carbonyl (C=O) groups is 1. The van der Waals surface area contributed by atoms with Crippen LogP contribution in [0.1, 0.15) is 24.0 Å². The van der Waals surface area contributed by atoms with Crippen LogP contribution in [0.5, 0.6) is 5.75 Å². The minimum absolute atomic E-state index is 0.207. The molecule has 4 rings (SSSR count). The maximum Gasteiger partial charge on any atom is 0.260 e. The monoisotopic (exact) mass is 432 g/mol. The molecule has 1 aliphatic heterocycles. The van der Waals surface area contributed by atoms with Crippen LogP contribution in [0, 0.1) is 5.82 Å². The summed E-state index contributed by atoms with van der Waals surface area (Å²) in [6.07, 6.45) is 4.17. The molecule has 1 saturated heterocycles. The van der Waals surface area contributed by atoms with Crippen molar-refractivity contribution in [2.75, 3.05) is 32.8 Å². The Labute approximate surface area is 176 Å². The van der Waals surface area contributed by atoms with Crippen molar-refractivity contribution in [1.29, 1.82) is 0 Å². The SMILES string of the molecule is O=C(COc1cccc(F)c1)N1CCN(S(=O)(=O)c2ccc3c(c2)CCCC3)CC1. The van der Waals surface area contributed by atoms with Gasteiger partial charge in [0.1, 0.15) is 11.6 Å². The van der Waals surface area contributed by atoms with Crippen molar-refractivity contribution in [3.8, 4) is 5.75 Å². The first-order valence-electron chi connectivity index (χ1n) is 10.2. The number of nitrogens with zero attached hydrogens (tertiary/aromatic N) is 2. The molecule has 1 aliphatic carbocycles. The third-order valence-corrected chi connectivity index (χ3v) is 7.60. The molecule has 0 spiro atoms. The number of hydrogen-bond donors (Lipinski definition) is 0. The summed E-state index contributed by atoms with van der Waals surface area (Å²) in [5.74, 6) is -0.386. The molecule has 1 amide bonds. The van der Waals surface area contributed by atoms with Gasteiger partial charge in [-0.1, -0.05) is 12.1 Å². The minimum Gasteiger partial charge on any atom is -0.484 e. The van der Waals surface area contributed by atoms with E-state index in [2.05, 4.69) is 0 Å². The van der Waals surface area contributed by atoms with Crippen LogP contribution in [0.25, 0.3) is 0 Å². The van der Waals surface area contributed by atoms with Gasteiger partial charge in [-0.3, -0.25) is 4.79 Å². The van der Waals surface area contributed by atoms with Crippen LogP contribution in [0.15, 0.2) is 47.4 Å². The molecule has 0 bridgehead atoms. The van der Waals surface area contributed by atoms with Crippen LogP contribution in [0.3, 0.4) is 0 Å². The van der Waals surface area contributed by atoms with E-state index in [4.69, 9.17) is 4.74 Å². The Kier molecular flexibility index (Phi) is 6.06. The smallest absolute Gasteiger partial charge is 0.260 e. The van der Waals surface area contributed by atoms with Gasteiger partial charge < -0.3 is 9.64 Å². The van der Waals surface area contributed by atoms with Gasteiger partial charge in [-0.2, -0.15) is 4.31 Å². The van der Waals surface area contributed by atoms with E-state index in [1.807, 2.05) is 12.1 Å². The lowest BCUT2D eigenvalue weighted by Crippen LogP contribution is -2.51. The zero-order valence-corrected chi connectivity index (χ0v) is 17.5. The third-order valence-electron chi connectivity index (χ3n) is 5.71. The van der Waals surface area contributed by atoms with Crippen molar-refractivity contribution in [2.45, 2.75) is 30.6 Å². The predicted molar refractivity (Wildman–Crippen MR) is 110 cm³/mol. The summed E-state index contributed by atoms with van der Waals surface area (Å²) in [7, 11) is -3.58. The number of amides is 1. The number of halogens is 1. The van der Waals surface area contributed by atoms with Crippen LogP contribution in [-0.4, -0.2) is 56.3 Å². The molecule has 1 heterocycles. The fourth-order valence-corrected chi connectivity index (χ4v) is 5.46. The molecular formula is C22H25FN2O4S. The quantitative estimate of drug-likeness (QED) is 0.729. The summed E-state index contributed by atoms with van der Waals surface area (Å²) >= 11 is 0. The first kappa shape index (κ1) is 20.8. The molecule has 0 saturated carbocycles. The van der Waals surface area contributed by atoms with Gasteiger partial charge in [-0.25, -0.2) is 12.8 Å². The van der Waals surface area contributed by atoms with Crippen LogP contribution < -0.4 is 4.74 Å². The highest BCUT2D eigenvalue weighted by atomic mass is 32.2. The van der Waals surface area contributed by atoms with Crippen molar-refractivity contribution in [1.82, 2.24) is 9.21 Å². The second-order valence-electron chi connectivity index (χ2n) is 7.67. The Balaban J connectivity index is 1.35. The van der Waals surface area contributed by atoms with E-state index in [9.17, 15) is 17.6 Å². The van der Waals surface area contributed by atoms with Crippen LogP contribution >= 0.6 is 0 Å². The van der Waals surface area contributed by atoms with Gasteiger partial charge >= 0.3 is 0 Å². The lowest BCUT2D eigenvalue weighted by atomic mass is 9.92. The normalized spacial score (nSPS) is 17.4. The number of ether oxygens (including phenoxy) is 1. The molecule has 1 fully saturated rings. The minimum atomic E-state index is -3.58. The van der Waals surface area contributed by atoms with Gasteiger partial charge in [-0.05, 0) is 61.1 Å². The average molecular weight is 433 g/mol. The Morgan fingerprint density at radius 3 is 2.43 bits per heavy atom. The first-order valence-corrected chi connectivity index (χ1v) is 11.7. The Morgan fingerprint density at radius 2 is 1.70 bits per heavy atom. The van der Waals surface area contributed by atoms with E-state index >= 15 is 0 Å². The number of piperazine rings is 1. The van der Waals surface area contributed by atoms with Gasteiger partial charge in [0, 0.05) is 32.2 Å². The van der Waals surface area contributed by atoms with Gasteiger partial charge in [-0.15, -0.1) is 0 Å². The highest BCUT2D eigenvalue weighted by molar-refractivity contribution is 7.89. The number of carbonyl (C=O) groups excluding carboxylic acids is 1. The molecule has 0 atom stereocenters. The van der Waals surface area contributed by atoms with E-state index in [0.29, 0.717) is 18.0 Å². The first-order chi connectivity index (χ1) is 14.4. The molecule has 0 aromatic heterocycles. The zero-order chi connectivity index (χ0) is 21.1. The Morgan fingerprint density at radius 1 is 0.967 bits per heavy atom. The number of aryl methyl sites for hydroxylation is 2. The van der Waals surface area contributed by atoms with Crippen molar-refractivity contribution in [3.05, 3.63) is 59.4 Å². The van der Waals surface area contributed by atoms with Crippen LogP contribution in [0.4, 0.5) is 4.39 Å². The summed E-state index contributed by atoms with van der Waals surface area (Å²) in [4.78, 5) is 14.3. The fourth-order valence-electron chi connectivity index (χ4n) is 3.99. The molecule has 30 heavy (non-hydrogen) atoms. The van der Waals surface area contributed by atoms with Crippen molar-refractivity contribution in [3.63, 3.8) is 0 Å². The van der Waals surface area contributed by atoms with E-state index < -0.39 is 15.8 Å². The van der Waals surface area contributed by atoms with Gasteiger partial charge in [0.2, 0.25) is 10.0 Å². The molecule has 2 aromatic carbocycles. The lowest BCUT2D eigenvalue weighted by Gasteiger charge is -2.34. The molecule has 6 nitrogen and oxygen atoms in total. The Bertz CT molecular complexity index is 1030. The van der Waals surface area contributed by atoms with E-state index in [0.717, 1.165) is 31.2 Å². The Hall–Kier alpha value is -2.45. The van der Waals surface area contributed by atoms with E-state index in [1.165, 1.54) is 28.1 Å². The molecule has 8 heteroatoms. The molecule has 0 radical (unpaired) electrons. The largest absolute Gasteiger partial charge is 0.484 e. The lowest BCUT2D eigenvalue weighted by molar-refractivity contribution is -0.134. The second kappa shape index (κ2) is 8.73. The van der Waals surface area contributed by atoms with E-state index in [1.54, 1.807) is 17.0 Å². The summed E-state index contributed by atoms with van der Waals surface area (Å²) in [6, 6.07) is 11.1. The van der Waals surface area contributed by atoms with Crippen molar-refractivity contribution in [2.24, 2.45) is 0 Å². The van der Waals surface area contributed by atoms with Crippen molar-refractivity contribution < 1.29 is 22.3 Å². The zero-order valence-electron chi connectivity index (χ0n) is 16.7. The number of sulfonamides is 1. The standard InChI is InChI=1S/C22H25FN2O4S/c23-19-6-3-7-20(15-19)29-16-22(26)24-10-12-25(13-11-24)30(27,28)21-9-8-17-4-1-2-5-18(17)14-21/h3,6-9,14-15H,1-2,4-5,10-13,16H2. The van der Waals surface area contributed by atoms with Crippen molar-refractivity contribution >= 4 is 15.9 Å². The summed E-state index contributed by atoms with van der Waals surface area (Å²) in [5, 5.41) is 0. The van der Waals surface area contributed by atoms with Gasteiger partial charge in [0.15, 0.2) is 6.61 Å². The number of rotatable bonds is 5. The number of benzene rings is 2. The molecular weight excluding hydrogens is 407 g/mol. The number of fused-ring (bicyclic) bond motifs is 1.